The van der Waals surface area contributed by atoms with Gasteiger partial charge in [0.25, 0.3) is 0 Å². The van der Waals surface area contributed by atoms with E-state index >= 15 is 0 Å². The maximum absolute atomic E-state index is 12.2. The first-order valence-electron chi connectivity index (χ1n) is 5.66. The lowest BCUT2D eigenvalue weighted by atomic mass is 10.3. The quantitative estimate of drug-likeness (QED) is 0.799. The molecule has 0 spiro atoms. The van der Waals surface area contributed by atoms with Crippen LogP contribution in [0.3, 0.4) is 0 Å². The first kappa shape index (κ1) is 17.2. The fourth-order valence-electron chi connectivity index (χ4n) is 1.32. The monoisotopic (exact) mass is 327 g/mol. The Morgan fingerprint density at radius 3 is 2.48 bits per heavy atom. The Kier molecular flexibility index (Phi) is 5.55. The topological polar surface area (TPSA) is 81.7 Å². The molecule has 21 heavy (non-hydrogen) atoms. The Morgan fingerprint density at radius 2 is 1.90 bits per heavy atom. The number of hydrogen-bond acceptors (Lipinski definition) is 5. The second-order valence-corrected chi connectivity index (χ2v) is 5.36. The summed E-state index contributed by atoms with van der Waals surface area (Å²) in [4.78, 5) is 10.3. The molecule has 1 aromatic rings. The number of esters is 1. The van der Waals surface area contributed by atoms with Gasteiger partial charge >= 0.3 is 12.3 Å². The molecule has 0 saturated carbocycles. The highest BCUT2D eigenvalue weighted by Crippen LogP contribution is 2.29. The van der Waals surface area contributed by atoms with Crippen LogP contribution in [-0.4, -0.2) is 33.9 Å². The van der Waals surface area contributed by atoms with Gasteiger partial charge in [0.15, 0.2) is 0 Å². The van der Waals surface area contributed by atoms with E-state index < -0.39 is 39.5 Å². The highest BCUT2D eigenvalue weighted by Gasteiger charge is 2.34. The van der Waals surface area contributed by atoms with Crippen molar-refractivity contribution in [3.63, 3.8) is 0 Å². The molecule has 1 N–H and O–H groups in total. The Morgan fingerprint density at radius 1 is 1.29 bits per heavy atom. The van der Waals surface area contributed by atoms with E-state index in [1.54, 1.807) is 0 Å². The van der Waals surface area contributed by atoms with E-state index in [0.717, 1.165) is 12.1 Å². The summed E-state index contributed by atoms with van der Waals surface area (Å²) in [7, 11) is -4.35. The summed E-state index contributed by atoms with van der Waals surface area (Å²) in [5.74, 6) is -1.74. The molecule has 1 rings (SSSR count). The molecule has 0 aliphatic rings. The van der Waals surface area contributed by atoms with Crippen molar-refractivity contribution in [2.24, 2.45) is 0 Å². The molecule has 0 radical (unpaired) electrons. The zero-order valence-corrected chi connectivity index (χ0v) is 11.6. The zero-order valence-electron chi connectivity index (χ0n) is 10.8. The summed E-state index contributed by atoms with van der Waals surface area (Å²) in [6.45, 7) is 0.879. The second-order valence-electron chi connectivity index (χ2n) is 3.62. The Balaban J connectivity index is 2.95. The van der Waals surface area contributed by atoms with Gasteiger partial charge in [-0.2, -0.15) is 4.72 Å². The number of sulfonamides is 1. The molecule has 0 aliphatic heterocycles. The number of para-hydroxylation sites is 1. The maximum atomic E-state index is 12.2. The molecule has 0 aliphatic carbocycles. The predicted molar refractivity (Wildman–Crippen MR) is 64.9 cm³/mol. The SMILES string of the molecule is CCOC(=O)CNS(=O)(=O)c1ccccc1OC(F)(F)F. The van der Waals surface area contributed by atoms with Gasteiger partial charge in [-0.05, 0) is 19.1 Å². The van der Waals surface area contributed by atoms with Gasteiger partial charge < -0.3 is 9.47 Å². The Bertz CT molecular complexity index is 600. The van der Waals surface area contributed by atoms with E-state index in [-0.39, 0.29) is 6.61 Å². The van der Waals surface area contributed by atoms with Crippen LogP contribution in [0.5, 0.6) is 5.75 Å². The third kappa shape index (κ3) is 5.60. The number of nitrogens with one attached hydrogen (secondary N) is 1. The highest BCUT2D eigenvalue weighted by molar-refractivity contribution is 7.89. The highest BCUT2D eigenvalue weighted by atomic mass is 32.2. The summed E-state index contributed by atoms with van der Waals surface area (Å²) in [5, 5.41) is 0. The number of ether oxygens (including phenoxy) is 2. The number of hydrogen-bond donors (Lipinski definition) is 1. The third-order valence-corrected chi connectivity index (χ3v) is 3.52. The van der Waals surface area contributed by atoms with Gasteiger partial charge in [0, 0.05) is 0 Å². The van der Waals surface area contributed by atoms with E-state index in [1.165, 1.54) is 19.1 Å². The van der Waals surface area contributed by atoms with Crippen molar-refractivity contribution in [2.75, 3.05) is 13.2 Å². The number of rotatable bonds is 6. The van der Waals surface area contributed by atoms with Gasteiger partial charge in [-0.3, -0.25) is 4.79 Å². The normalized spacial score (nSPS) is 12.0. The minimum atomic E-state index is -5.03. The van der Waals surface area contributed by atoms with Crippen molar-refractivity contribution in [2.45, 2.75) is 18.2 Å². The van der Waals surface area contributed by atoms with Crippen molar-refractivity contribution in [3.8, 4) is 5.75 Å². The van der Waals surface area contributed by atoms with Gasteiger partial charge in [-0.1, -0.05) is 12.1 Å². The van der Waals surface area contributed by atoms with Crippen LogP contribution in [0, 0.1) is 0 Å². The molecule has 10 heteroatoms. The first-order valence-corrected chi connectivity index (χ1v) is 7.14. The average molecular weight is 327 g/mol. The molecule has 0 heterocycles. The van der Waals surface area contributed by atoms with Crippen LogP contribution in [0.1, 0.15) is 6.92 Å². The minimum absolute atomic E-state index is 0.0499. The molecule has 0 saturated heterocycles. The number of carbonyl (C=O) groups excluding carboxylic acids is 1. The van der Waals surface area contributed by atoms with E-state index in [2.05, 4.69) is 9.47 Å². The summed E-state index contributed by atoms with van der Waals surface area (Å²) in [6, 6.07) is 4.19. The number of carbonyl (C=O) groups is 1. The van der Waals surface area contributed by atoms with E-state index in [4.69, 9.17) is 0 Å². The zero-order chi connectivity index (χ0) is 16.1. The van der Waals surface area contributed by atoms with Crippen molar-refractivity contribution in [1.29, 1.82) is 0 Å². The molecule has 0 aromatic heterocycles. The van der Waals surface area contributed by atoms with E-state index in [9.17, 15) is 26.4 Å². The molecular formula is C11H12F3NO5S. The standard InChI is InChI=1S/C11H12F3NO5S/c1-2-19-10(16)7-15-21(17,18)9-6-4-3-5-8(9)20-11(12,13)14/h3-6,15H,2,7H2,1H3. The molecule has 1 aromatic carbocycles. The van der Waals surface area contributed by atoms with Crippen LogP contribution < -0.4 is 9.46 Å². The average Bonchev–Trinajstić information content (AvgIpc) is 2.35. The molecule has 0 unspecified atom stereocenters. The maximum Gasteiger partial charge on any atom is 0.573 e. The minimum Gasteiger partial charge on any atom is -0.465 e. The summed E-state index contributed by atoms with van der Waals surface area (Å²) in [6.07, 6.45) is -5.03. The molecule has 0 fully saturated rings. The molecule has 0 amide bonds. The first-order chi connectivity index (χ1) is 9.65. The van der Waals surface area contributed by atoms with Crippen LogP contribution in [0.15, 0.2) is 29.2 Å². The lowest BCUT2D eigenvalue weighted by Gasteiger charge is -2.13. The lowest BCUT2D eigenvalue weighted by Crippen LogP contribution is -2.31. The number of halogens is 3. The second kappa shape index (κ2) is 6.76. The van der Waals surface area contributed by atoms with Crippen LogP contribution in [-0.2, 0) is 19.6 Å². The van der Waals surface area contributed by atoms with Crippen LogP contribution in [0.25, 0.3) is 0 Å². The smallest absolute Gasteiger partial charge is 0.465 e. The van der Waals surface area contributed by atoms with Crippen LogP contribution >= 0.6 is 0 Å². The van der Waals surface area contributed by atoms with Crippen LogP contribution in [0.2, 0.25) is 0 Å². The van der Waals surface area contributed by atoms with Gasteiger partial charge in [-0.25, -0.2) is 8.42 Å². The Labute approximate surface area is 118 Å². The lowest BCUT2D eigenvalue weighted by molar-refractivity contribution is -0.275. The van der Waals surface area contributed by atoms with E-state index in [1.807, 2.05) is 4.72 Å². The molecule has 0 bridgehead atoms. The van der Waals surface area contributed by atoms with Crippen molar-refractivity contribution >= 4 is 16.0 Å². The van der Waals surface area contributed by atoms with Crippen molar-refractivity contribution in [1.82, 2.24) is 4.72 Å². The van der Waals surface area contributed by atoms with E-state index in [0.29, 0.717) is 0 Å². The summed E-state index contributed by atoms with van der Waals surface area (Å²) in [5.41, 5.74) is 0. The molecular weight excluding hydrogens is 315 g/mol. The molecule has 0 atom stereocenters. The van der Waals surface area contributed by atoms with Gasteiger partial charge in [0.05, 0.1) is 6.61 Å². The Hall–Kier alpha value is -1.81. The molecule has 6 nitrogen and oxygen atoms in total. The number of alkyl halides is 3. The predicted octanol–water partition coefficient (Wildman–Crippen LogP) is 1.43. The summed E-state index contributed by atoms with van der Waals surface area (Å²) < 4.78 is 70.4. The van der Waals surface area contributed by atoms with Crippen molar-refractivity contribution < 1.29 is 35.9 Å². The number of benzene rings is 1. The fraction of sp³-hybridized carbons (Fsp3) is 0.364. The summed E-state index contributed by atoms with van der Waals surface area (Å²) >= 11 is 0. The van der Waals surface area contributed by atoms with Gasteiger partial charge in [-0.15, -0.1) is 13.2 Å². The van der Waals surface area contributed by atoms with Gasteiger partial charge in [0.2, 0.25) is 10.0 Å². The fourth-order valence-corrected chi connectivity index (χ4v) is 2.42. The van der Waals surface area contributed by atoms with Crippen LogP contribution in [0.4, 0.5) is 13.2 Å². The largest absolute Gasteiger partial charge is 0.573 e. The molecule has 118 valence electrons. The van der Waals surface area contributed by atoms with Gasteiger partial charge in [0.1, 0.15) is 17.2 Å². The van der Waals surface area contributed by atoms with Crippen molar-refractivity contribution in [3.05, 3.63) is 24.3 Å². The third-order valence-electron chi connectivity index (χ3n) is 2.08.